The number of hydrogen-bond donors (Lipinski definition) is 1. The van der Waals surface area contributed by atoms with Gasteiger partial charge in [0.2, 0.25) is 5.91 Å². The summed E-state index contributed by atoms with van der Waals surface area (Å²) in [6.45, 7) is 5.78. The van der Waals surface area contributed by atoms with Gasteiger partial charge in [-0.1, -0.05) is 0 Å². The smallest absolute Gasteiger partial charge is 0.408 e. The molecule has 2 unspecified atom stereocenters. The van der Waals surface area contributed by atoms with E-state index in [2.05, 4.69) is 5.32 Å². The van der Waals surface area contributed by atoms with Gasteiger partial charge in [0.25, 0.3) is 0 Å². The van der Waals surface area contributed by atoms with E-state index >= 15 is 0 Å². The Balaban J connectivity index is 2.80. The minimum atomic E-state index is -0.711. The molecule has 2 atom stereocenters. The van der Waals surface area contributed by atoms with E-state index < -0.39 is 29.7 Å². The maximum Gasteiger partial charge on any atom is 0.408 e. The van der Waals surface area contributed by atoms with Crippen LogP contribution in [0.2, 0.25) is 0 Å². The first-order valence-electron chi connectivity index (χ1n) is 8.06. The number of esters is 1. The summed E-state index contributed by atoms with van der Waals surface area (Å²) in [5.41, 5.74) is -0.640. The molecule has 0 aromatic heterocycles. The maximum absolute atomic E-state index is 12.8. The number of likely N-dealkylation sites (tertiary alicyclic amines) is 1. The van der Waals surface area contributed by atoms with Gasteiger partial charge in [-0.3, -0.25) is 4.79 Å². The molecular formula is C16H28N2O5S. The molecule has 1 N–H and O–H groups in total. The minimum absolute atomic E-state index is 0.261. The molecule has 8 heteroatoms. The fraction of sp³-hybridized carbons (Fsp3) is 0.812. The van der Waals surface area contributed by atoms with Gasteiger partial charge in [-0.05, 0) is 52.0 Å². The van der Waals surface area contributed by atoms with E-state index in [4.69, 9.17) is 9.47 Å². The second kappa shape index (κ2) is 9.15. The number of ether oxygens (including phenoxy) is 2. The molecule has 1 aliphatic heterocycles. The Hall–Kier alpha value is -1.44. The van der Waals surface area contributed by atoms with E-state index in [0.29, 0.717) is 25.1 Å². The Bertz CT molecular complexity index is 464. The number of hydrogen-bond acceptors (Lipinski definition) is 6. The topological polar surface area (TPSA) is 84.9 Å². The zero-order valence-corrected chi connectivity index (χ0v) is 15.9. The molecule has 1 fully saturated rings. The molecule has 0 aliphatic carbocycles. The quantitative estimate of drug-likeness (QED) is 0.727. The monoisotopic (exact) mass is 360 g/mol. The normalized spacial score (nSPS) is 18.9. The van der Waals surface area contributed by atoms with Crippen LogP contribution in [0.3, 0.4) is 0 Å². The van der Waals surface area contributed by atoms with Crippen LogP contribution in [-0.4, -0.2) is 66.2 Å². The van der Waals surface area contributed by atoms with Crippen molar-refractivity contribution in [2.45, 2.75) is 57.7 Å². The number of carbonyl (C=O) groups is 3. The molecule has 1 rings (SSSR count). The average Bonchev–Trinajstić information content (AvgIpc) is 2.97. The lowest BCUT2D eigenvalue weighted by Gasteiger charge is -2.28. The van der Waals surface area contributed by atoms with Gasteiger partial charge in [-0.15, -0.1) is 0 Å². The molecule has 1 heterocycles. The highest BCUT2D eigenvalue weighted by molar-refractivity contribution is 7.98. The molecule has 7 nitrogen and oxygen atoms in total. The Morgan fingerprint density at radius 2 is 2.00 bits per heavy atom. The number of carbonyl (C=O) groups excluding carboxylic acids is 3. The van der Waals surface area contributed by atoms with Crippen LogP contribution < -0.4 is 5.32 Å². The van der Waals surface area contributed by atoms with Crippen molar-refractivity contribution in [2.75, 3.05) is 25.7 Å². The van der Waals surface area contributed by atoms with Crippen molar-refractivity contribution < 1.29 is 23.9 Å². The number of thioether (sulfide) groups is 1. The predicted octanol–water partition coefficient (Wildman–Crippen LogP) is 1.80. The first-order valence-corrected chi connectivity index (χ1v) is 9.45. The predicted molar refractivity (Wildman–Crippen MR) is 92.9 cm³/mol. The zero-order valence-electron chi connectivity index (χ0n) is 15.1. The van der Waals surface area contributed by atoms with Gasteiger partial charge < -0.3 is 19.7 Å². The van der Waals surface area contributed by atoms with Crippen LogP contribution in [0.15, 0.2) is 0 Å². The third-order valence-electron chi connectivity index (χ3n) is 3.61. The lowest BCUT2D eigenvalue weighted by molar-refractivity contribution is -0.151. The maximum atomic E-state index is 12.8. The van der Waals surface area contributed by atoms with Crippen LogP contribution in [0.5, 0.6) is 0 Å². The summed E-state index contributed by atoms with van der Waals surface area (Å²) in [6.07, 6.45) is 3.11. The Morgan fingerprint density at radius 3 is 2.54 bits per heavy atom. The van der Waals surface area contributed by atoms with Gasteiger partial charge in [-0.2, -0.15) is 11.8 Å². The molecule has 1 aliphatic rings. The van der Waals surface area contributed by atoms with E-state index in [-0.39, 0.29) is 5.91 Å². The van der Waals surface area contributed by atoms with E-state index in [0.717, 1.165) is 6.42 Å². The zero-order chi connectivity index (χ0) is 18.3. The Morgan fingerprint density at radius 1 is 1.33 bits per heavy atom. The number of nitrogens with zero attached hydrogens (tertiary/aromatic N) is 1. The van der Waals surface area contributed by atoms with Gasteiger partial charge in [0.15, 0.2) is 0 Å². The molecule has 0 radical (unpaired) electrons. The summed E-state index contributed by atoms with van der Waals surface area (Å²) in [7, 11) is 1.31. The van der Waals surface area contributed by atoms with Gasteiger partial charge in [0.1, 0.15) is 17.7 Å². The van der Waals surface area contributed by atoms with Crippen LogP contribution in [0.1, 0.15) is 40.0 Å². The summed E-state index contributed by atoms with van der Waals surface area (Å²) >= 11 is 1.59. The van der Waals surface area contributed by atoms with Crippen LogP contribution >= 0.6 is 11.8 Å². The van der Waals surface area contributed by atoms with Crippen LogP contribution in [0.4, 0.5) is 4.79 Å². The summed E-state index contributed by atoms with van der Waals surface area (Å²) in [6, 6.07) is -1.28. The summed E-state index contributed by atoms with van der Waals surface area (Å²) < 4.78 is 10.0. The molecule has 0 saturated carbocycles. The highest BCUT2D eigenvalue weighted by Gasteiger charge is 2.38. The molecule has 0 aromatic rings. The van der Waals surface area contributed by atoms with Crippen molar-refractivity contribution in [1.82, 2.24) is 10.2 Å². The lowest BCUT2D eigenvalue weighted by Crippen LogP contribution is -2.52. The Labute approximate surface area is 147 Å². The van der Waals surface area contributed by atoms with E-state index in [9.17, 15) is 14.4 Å². The highest BCUT2D eigenvalue weighted by Crippen LogP contribution is 2.20. The molecule has 0 spiro atoms. The number of nitrogens with one attached hydrogen (secondary N) is 1. The van der Waals surface area contributed by atoms with Gasteiger partial charge >= 0.3 is 12.1 Å². The van der Waals surface area contributed by atoms with E-state index in [1.165, 1.54) is 12.0 Å². The first-order chi connectivity index (χ1) is 11.2. The first kappa shape index (κ1) is 20.6. The van der Waals surface area contributed by atoms with Crippen LogP contribution in [0.25, 0.3) is 0 Å². The number of amides is 2. The van der Waals surface area contributed by atoms with E-state index in [1.807, 2.05) is 6.26 Å². The fourth-order valence-electron chi connectivity index (χ4n) is 2.55. The summed E-state index contributed by atoms with van der Waals surface area (Å²) in [5, 5.41) is 2.64. The van der Waals surface area contributed by atoms with Gasteiger partial charge in [0.05, 0.1) is 7.11 Å². The lowest BCUT2D eigenvalue weighted by atomic mass is 10.1. The average molecular weight is 360 g/mol. The van der Waals surface area contributed by atoms with Gasteiger partial charge in [0, 0.05) is 6.54 Å². The second-order valence-electron chi connectivity index (χ2n) is 6.69. The third kappa shape index (κ3) is 6.22. The number of rotatable bonds is 6. The molecule has 0 aromatic carbocycles. The van der Waals surface area contributed by atoms with Crippen molar-refractivity contribution >= 4 is 29.7 Å². The Kier molecular flexibility index (Phi) is 7.86. The molecule has 1 saturated heterocycles. The molecule has 0 bridgehead atoms. The fourth-order valence-corrected chi connectivity index (χ4v) is 3.03. The second-order valence-corrected chi connectivity index (χ2v) is 7.68. The van der Waals surface area contributed by atoms with Crippen molar-refractivity contribution in [3.05, 3.63) is 0 Å². The standard InChI is InChI=1S/C16H28N2O5S/c1-16(2,3)23-15(21)17-11(8-10-24-5)13(19)18-9-6-7-12(18)14(20)22-4/h11-12H,6-10H2,1-5H3,(H,17,21). The summed E-state index contributed by atoms with van der Waals surface area (Å²) in [5.74, 6) is 0.0349. The highest BCUT2D eigenvalue weighted by atomic mass is 32.2. The van der Waals surface area contributed by atoms with Crippen LogP contribution in [-0.2, 0) is 19.1 Å². The largest absolute Gasteiger partial charge is 0.467 e. The molecule has 2 amide bonds. The number of alkyl carbamates (subject to hydrolysis) is 1. The van der Waals surface area contributed by atoms with E-state index in [1.54, 1.807) is 32.5 Å². The SMILES string of the molecule is COC(=O)C1CCCN1C(=O)C(CCSC)NC(=O)OC(C)(C)C. The molecule has 138 valence electrons. The van der Waals surface area contributed by atoms with Crippen molar-refractivity contribution in [3.8, 4) is 0 Å². The van der Waals surface area contributed by atoms with Crippen LogP contribution in [0, 0.1) is 0 Å². The third-order valence-corrected chi connectivity index (χ3v) is 4.25. The summed E-state index contributed by atoms with van der Waals surface area (Å²) in [4.78, 5) is 38.2. The van der Waals surface area contributed by atoms with Crippen molar-refractivity contribution in [2.24, 2.45) is 0 Å². The number of methoxy groups -OCH3 is 1. The van der Waals surface area contributed by atoms with Crippen molar-refractivity contribution in [1.29, 1.82) is 0 Å². The molecular weight excluding hydrogens is 332 g/mol. The minimum Gasteiger partial charge on any atom is -0.467 e. The van der Waals surface area contributed by atoms with Gasteiger partial charge in [-0.25, -0.2) is 9.59 Å². The molecule has 24 heavy (non-hydrogen) atoms. The van der Waals surface area contributed by atoms with Crippen molar-refractivity contribution in [3.63, 3.8) is 0 Å².